The van der Waals surface area contributed by atoms with Crippen LogP contribution in [0.25, 0.3) is 10.8 Å². The number of halogens is 2. The van der Waals surface area contributed by atoms with E-state index in [4.69, 9.17) is 23.2 Å². The minimum absolute atomic E-state index is 0.643. The van der Waals surface area contributed by atoms with Gasteiger partial charge in [-0.2, -0.15) is 0 Å². The van der Waals surface area contributed by atoms with E-state index in [0.717, 1.165) is 16.3 Å². The minimum Gasteiger partial charge on any atom is -0.264 e. The summed E-state index contributed by atoms with van der Waals surface area (Å²) in [6.07, 6.45) is 3.56. The Morgan fingerprint density at radius 1 is 0.941 bits per heavy atom. The minimum atomic E-state index is 0.643. The number of aryl methyl sites for hydroxylation is 1. The fourth-order valence-electron chi connectivity index (χ4n) is 1.41. The standard InChI is InChI=1S/C10H7Cl2N.2C2H6/c1-6-4-13-5-7-2-8(11)3-9(12)10(6)7;2*1-2/h2-5H,1H3;2*1-2H3. The van der Waals surface area contributed by atoms with Crippen molar-refractivity contribution >= 4 is 34.0 Å². The summed E-state index contributed by atoms with van der Waals surface area (Å²) in [5.74, 6) is 0. The second kappa shape index (κ2) is 8.32. The largest absolute Gasteiger partial charge is 0.264 e. The van der Waals surface area contributed by atoms with Gasteiger partial charge in [-0.1, -0.05) is 50.9 Å². The number of rotatable bonds is 0. The van der Waals surface area contributed by atoms with Gasteiger partial charge in [0.25, 0.3) is 0 Å². The molecule has 1 aromatic carbocycles. The van der Waals surface area contributed by atoms with Crippen molar-refractivity contribution in [2.75, 3.05) is 0 Å². The monoisotopic (exact) mass is 271 g/mol. The summed E-state index contributed by atoms with van der Waals surface area (Å²) in [4.78, 5) is 4.08. The molecule has 3 heteroatoms. The van der Waals surface area contributed by atoms with Crippen LogP contribution < -0.4 is 0 Å². The van der Waals surface area contributed by atoms with Crippen LogP contribution in [-0.2, 0) is 0 Å². The molecule has 0 radical (unpaired) electrons. The van der Waals surface area contributed by atoms with E-state index in [1.807, 2.05) is 40.7 Å². The molecule has 0 spiro atoms. The van der Waals surface area contributed by atoms with E-state index < -0.39 is 0 Å². The third-order valence-electron chi connectivity index (χ3n) is 1.96. The van der Waals surface area contributed by atoms with Crippen LogP contribution in [0.15, 0.2) is 24.5 Å². The molecule has 2 rings (SSSR count). The first-order chi connectivity index (χ1) is 8.18. The molecule has 0 unspecified atom stereocenters. The van der Waals surface area contributed by atoms with Crippen molar-refractivity contribution in [1.29, 1.82) is 0 Å². The van der Waals surface area contributed by atoms with E-state index in [0.29, 0.717) is 10.0 Å². The molecule has 0 N–H and O–H groups in total. The Morgan fingerprint density at radius 3 is 2.12 bits per heavy atom. The van der Waals surface area contributed by atoms with Gasteiger partial charge in [-0.25, -0.2) is 0 Å². The highest BCUT2D eigenvalue weighted by Gasteiger charge is 2.03. The first kappa shape index (κ1) is 16.2. The number of benzene rings is 1. The highest BCUT2D eigenvalue weighted by molar-refractivity contribution is 6.38. The summed E-state index contributed by atoms with van der Waals surface area (Å²) in [6, 6.07) is 3.61. The van der Waals surface area contributed by atoms with Crippen LogP contribution >= 0.6 is 23.2 Å². The maximum atomic E-state index is 6.06. The lowest BCUT2D eigenvalue weighted by molar-refractivity contribution is 1.31. The van der Waals surface area contributed by atoms with E-state index in [9.17, 15) is 0 Å². The smallest absolute Gasteiger partial charge is 0.0503 e. The molecule has 0 saturated carbocycles. The van der Waals surface area contributed by atoms with Crippen LogP contribution in [0.2, 0.25) is 10.0 Å². The molecule has 94 valence electrons. The summed E-state index contributed by atoms with van der Waals surface area (Å²) >= 11 is 11.9. The van der Waals surface area contributed by atoms with Crippen molar-refractivity contribution in [2.45, 2.75) is 34.6 Å². The molecule has 0 saturated heterocycles. The summed E-state index contributed by atoms with van der Waals surface area (Å²) in [7, 11) is 0. The topological polar surface area (TPSA) is 12.9 Å². The molecule has 1 aromatic heterocycles. The van der Waals surface area contributed by atoms with Crippen LogP contribution in [0, 0.1) is 6.92 Å². The highest BCUT2D eigenvalue weighted by Crippen LogP contribution is 2.29. The van der Waals surface area contributed by atoms with E-state index in [2.05, 4.69) is 4.98 Å². The summed E-state index contributed by atoms with van der Waals surface area (Å²) in [5, 5.41) is 3.34. The Morgan fingerprint density at radius 2 is 1.53 bits per heavy atom. The second-order valence-electron chi connectivity index (χ2n) is 2.94. The first-order valence-corrected chi connectivity index (χ1v) is 6.63. The molecule has 0 aliphatic rings. The highest BCUT2D eigenvalue weighted by atomic mass is 35.5. The molecule has 0 amide bonds. The second-order valence-corrected chi connectivity index (χ2v) is 3.79. The average molecular weight is 272 g/mol. The molecular formula is C14H19Cl2N. The van der Waals surface area contributed by atoms with Gasteiger partial charge in [0.15, 0.2) is 0 Å². The SMILES string of the molecule is CC.CC.Cc1cncc2cc(Cl)cc(Cl)c12. The molecule has 0 aliphatic carbocycles. The lowest BCUT2D eigenvalue weighted by Crippen LogP contribution is -1.82. The molecule has 2 aromatic rings. The van der Waals surface area contributed by atoms with Gasteiger partial charge in [0.2, 0.25) is 0 Å². The molecule has 1 heterocycles. The average Bonchev–Trinajstić information content (AvgIpc) is 2.33. The van der Waals surface area contributed by atoms with Gasteiger partial charge in [0.1, 0.15) is 0 Å². The summed E-state index contributed by atoms with van der Waals surface area (Å²) in [6.45, 7) is 9.98. The number of fused-ring (bicyclic) bond motifs is 1. The summed E-state index contributed by atoms with van der Waals surface area (Å²) < 4.78 is 0. The first-order valence-electron chi connectivity index (χ1n) is 5.88. The van der Waals surface area contributed by atoms with Crippen molar-refractivity contribution < 1.29 is 0 Å². The van der Waals surface area contributed by atoms with E-state index in [1.165, 1.54) is 0 Å². The fraction of sp³-hybridized carbons (Fsp3) is 0.357. The van der Waals surface area contributed by atoms with E-state index >= 15 is 0 Å². The zero-order valence-electron chi connectivity index (χ0n) is 11.0. The Balaban J connectivity index is 0.000000581. The van der Waals surface area contributed by atoms with Crippen LogP contribution in [0.4, 0.5) is 0 Å². The molecule has 0 bridgehead atoms. The number of pyridine rings is 1. The predicted octanol–water partition coefficient (Wildman–Crippen LogP) is 5.90. The lowest BCUT2D eigenvalue weighted by atomic mass is 10.1. The third-order valence-corrected chi connectivity index (χ3v) is 2.48. The Hall–Kier alpha value is -0.790. The van der Waals surface area contributed by atoms with Crippen molar-refractivity contribution in [3.05, 3.63) is 40.1 Å². The van der Waals surface area contributed by atoms with Crippen LogP contribution in [0.5, 0.6) is 0 Å². The Bertz CT molecular complexity index is 467. The lowest BCUT2D eigenvalue weighted by Gasteiger charge is -2.03. The van der Waals surface area contributed by atoms with Gasteiger partial charge >= 0.3 is 0 Å². The Kier molecular flexibility index (Phi) is 7.94. The van der Waals surface area contributed by atoms with Crippen LogP contribution in [0.3, 0.4) is 0 Å². The fourth-order valence-corrected chi connectivity index (χ4v) is 2.06. The molecule has 0 fully saturated rings. The summed E-state index contributed by atoms with van der Waals surface area (Å²) in [5.41, 5.74) is 1.07. The van der Waals surface area contributed by atoms with Crippen molar-refractivity contribution in [3.8, 4) is 0 Å². The van der Waals surface area contributed by atoms with Crippen LogP contribution in [-0.4, -0.2) is 4.98 Å². The maximum absolute atomic E-state index is 6.06. The normalized spacial score (nSPS) is 8.88. The van der Waals surface area contributed by atoms with Crippen molar-refractivity contribution in [1.82, 2.24) is 4.98 Å². The zero-order chi connectivity index (χ0) is 13.4. The molecule has 17 heavy (non-hydrogen) atoms. The van der Waals surface area contributed by atoms with Gasteiger partial charge in [-0.3, -0.25) is 4.98 Å². The number of nitrogens with zero attached hydrogens (tertiary/aromatic N) is 1. The van der Waals surface area contributed by atoms with E-state index in [-0.39, 0.29) is 0 Å². The zero-order valence-corrected chi connectivity index (χ0v) is 12.5. The van der Waals surface area contributed by atoms with E-state index in [1.54, 1.807) is 18.5 Å². The number of hydrogen-bond acceptors (Lipinski definition) is 1. The van der Waals surface area contributed by atoms with Crippen molar-refractivity contribution in [3.63, 3.8) is 0 Å². The Labute approximate surface area is 114 Å². The van der Waals surface area contributed by atoms with Crippen molar-refractivity contribution in [2.24, 2.45) is 0 Å². The van der Waals surface area contributed by atoms with Gasteiger partial charge in [0, 0.05) is 28.2 Å². The van der Waals surface area contributed by atoms with Gasteiger partial charge in [-0.15, -0.1) is 0 Å². The molecule has 0 atom stereocenters. The molecular weight excluding hydrogens is 253 g/mol. The van der Waals surface area contributed by atoms with Crippen LogP contribution in [0.1, 0.15) is 33.3 Å². The van der Waals surface area contributed by atoms with Gasteiger partial charge in [-0.05, 0) is 24.6 Å². The predicted molar refractivity (Wildman–Crippen MR) is 79.2 cm³/mol. The number of hydrogen-bond donors (Lipinski definition) is 0. The van der Waals surface area contributed by atoms with Gasteiger partial charge in [0.05, 0.1) is 5.02 Å². The number of aromatic nitrogens is 1. The quantitative estimate of drug-likeness (QED) is 0.581. The molecule has 1 nitrogen and oxygen atoms in total. The maximum Gasteiger partial charge on any atom is 0.0503 e. The third kappa shape index (κ3) is 4.18. The van der Waals surface area contributed by atoms with Gasteiger partial charge < -0.3 is 0 Å². The molecule has 0 aliphatic heterocycles.